The van der Waals surface area contributed by atoms with Gasteiger partial charge < -0.3 is 15.0 Å². The van der Waals surface area contributed by atoms with Crippen LogP contribution in [0.2, 0.25) is 0 Å². The highest BCUT2D eigenvalue weighted by Crippen LogP contribution is 2.34. The van der Waals surface area contributed by atoms with Gasteiger partial charge in [-0.05, 0) is 80.1 Å². The lowest BCUT2D eigenvalue weighted by Crippen LogP contribution is -2.41. The SMILES string of the molecule is Cc1cccc(N2CCCSC2=NC(=O)NC(C)(C)c2ccc(-c3ncn(-c4ccc(OC(F)(F)F)cc4)n3)cc2)c1C(C)C. The van der Waals surface area contributed by atoms with Crippen LogP contribution >= 0.6 is 11.8 Å². The fourth-order valence-electron chi connectivity index (χ4n) is 5.34. The summed E-state index contributed by atoms with van der Waals surface area (Å²) in [7, 11) is 0. The van der Waals surface area contributed by atoms with E-state index in [2.05, 4.69) is 69.0 Å². The molecular formula is C33H35F3N6O2S. The molecule has 0 saturated carbocycles. The van der Waals surface area contributed by atoms with Gasteiger partial charge in [0, 0.05) is 23.5 Å². The highest BCUT2D eigenvalue weighted by atomic mass is 32.2. The van der Waals surface area contributed by atoms with Gasteiger partial charge in [0.15, 0.2) is 11.0 Å². The van der Waals surface area contributed by atoms with Crippen molar-refractivity contribution in [1.29, 1.82) is 0 Å². The van der Waals surface area contributed by atoms with Crippen LogP contribution in [0.25, 0.3) is 17.1 Å². The molecule has 0 aliphatic carbocycles. The number of aliphatic imine (C=N–C) groups is 1. The van der Waals surface area contributed by atoms with Gasteiger partial charge in [-0.25, -0.2) is 14.5 Å². The van der Waals surface area contributed by atoms with E-state index in [-0.39, 0.29) is 5.75 Å². The smallest absolute Gasteiger partial charge is 0.406 e. The van der Waals surface area contributed by atoms with Crippen molar-refractivity contribution >= 4 is 28.6 Å². The standard InChI is InChI=1S/C33H35F3N6O2S/c1-21(2)28-22(3)8-6-9-27(28)41-18-7-19-45-31(41)38-30(43)39-32(4,5)24-12-10-23(11-13-24)29-37-20-42(40-29)25-14-16-26(17-15-25)44-33(34,35)36/h6,8-17,20-21H,7,18-19H2,1-5H3,(H,39,43). The van der Waals surface area contributed by atoms with Crippen molar-refractivity contribution in [3.05, 3.63) is 89.7 Å². The normalized spacial score (nSPS) is 15.0. The molecule has 0 atom stereocenters. The monoisotopic (exact) mass is 636 g/mol. The first kappa shape index (κ1) is 32.1. The van der Waals surface area contributed by atoms with Gasteiger partial charge in [0.1, 0.15) is 12.1 Å². The molecule has 1 aliphatic rings. The molecule has 0 spiro atoms. The number of hydrogen-bond donors (Lipinski definition) is 1. The van der Waals surface area contributed by atoms with E-state index in [0.29, 0.717) is 22.6 Å². The van der Waals surface area contributed by atoms with E-state index in [1.54, 1.807) is 11.8 Å². The zero-order valence-corrected chi connectivity index (χ0v) is 26.5. The van der Waals surface area contributed by atoms with Gasteiger partial charge in [0.05, 0.1) is 11.2 Å². The average Bonchev–Trinajstić information content (AvgIpc) is 3.47. The maximum atomic E-state index is 13.3. The summed E-state index contributed by atoms with van der Waals surface area (Å²) in [5, 5.41) is 8.22. The Morgan fingerprint density at radius 3 is 2.42 bits per heavy atom. The molecule has 1 N–H and O–H groups in total. The van der Waals surface area contributed by atoms with E-state index in [4.69, 9.17) is 0 Å². The fraction of sp³-hybridized carbons (Fsp3) is 0.333. The number of hydrogen-bond acceptors (Lipinski definition) is 5. The Hall–Kier alpha value is -4.32. The Kier molecular flexibility index (Phi) is 9.24. The number of amidine groups is 1. The van der Waals surface area contributed by atoms with Crippen molar-refractivity contribution in [3.63, 3.8) is 0 Å². The molecule has 1 fully saturated rings. The zero-order chi connectivity index (χ0) is 32.4. The molecule has 3 aromatic carbocycles. The first-order valence-electron chi connectivity index (χ1n) is 14.6. The maximum Gasteiger partial charge on any atom is 0.573 e. The van der Waals surface area contributed by atoms with E-state index < -0.39 is 17.9 Å². The molecular weight excluding hydrogens is 601 g/mol. The van der Waals surface area contributed by atoms with Gasteiger partial charge in [0.25, 0.3) is 0 Å². The first-order valence-corrected chi connectivity index (χ1v) is 15.6. The van der Waals surface area contributed by atoms with Crippen molar-refractivity contribution in [2.45, 2.75) is 58.9 Å². The molecule has 2 heterocycles. The molecule has 1 aromatic heterocycles. The number of benzene rings is 3. The summed E-state index contributed by atoms with van der Waals surface area (Å²) in [6, 6.07) is 18.7. The summed E-state index contributed by atoms with van der Waals surface area (Å²) >= 11 is 1.59. The summed E-state index contributed by atoms with van der Waals surface area (Å²) in [4.78, 5) is 24.3. The second-order valence-electron chi connectivity index (χ2n) is 11.6. The number of rotatable bonds is 7. The predicted octanol–water partition coefficient (Wildman–Crippen LogP) is 8.21. The number of anilines is 1. The number of nitrogens with one attached hydrogen (secondary N) is 1. The van der Waals surface area contributed by atoms with Crippen LogP contribution in [0.5, 0.6) is 5.75 Å². The number of nitrogens with zero attached hydrogens (tertiary/aromatic N) is 5. The largest absolute Gasteiger partial charge is 0.573 e. The second-order valence-corrected chi connectivity index (χ2v) is 12.7. The molecule has 5 rings (SSSR count). The van der Waals surface area contributed by atoms with Crippen LogP contribution in [-0.2, 0) is 5.54 Å². The lowest BCUT2D eigenvalue weighted by Gasteiger charge is -2.33. The minimum Gasteiger partial charge on any atom is -0.406 e. The number of aromatic nitrogens is 3. The first-order chi connectivity index (χ1) is 21.3. The van der Waals surface area contributed by atoms with Gasteiger partial charge in [-0.1, -0.05) is 62.0 Å². The van der Waals surface area contributed by atoms with E-state index in [1.165, 1.54) is 46.4 Å². The van der Waals surface area contributed by atoms with Crippen LogP contribution in [0.15, 0.2) is 78.0 Å². The minimum absolute atomic E-state index is 0.315. The van der Waals surface area contributed by atoms with Gasteiger partial charge in [0.2, 0.25) is 0 Å². The number of halogens is 3. The predicted molar refractivity (Wildman–Crippen MR) is 172 cm³/mol. The molecule has 12 heteroatoms. The van der Waals surface area contributed by atoms with E-state index >= 15 is 0 Å². The second kappa shape index (κ2) is 13.0. The van der Waals surface area contributed by atoms with E-state index in [9.17, 15) is 18.0 Å². The summed E-state index contributed by atoms with van der Waals surface area (Å²) < 4.78 is 42.8. The van der Waals surface area contributed by atoms with E-state index in [1.807, 2.05) is 38.1 Å². The van der Waals surface area contributed by atoms with E-state index in [0.717, 1.165) is 35.5 Å². The third kappa shape index (κ3) is 7.67. The molecule has 1 aliphatic heterocycles. The number of thioether (sulfide) groups is 1. The molecule has 0 radical (unpaired) electrons. The summed E-state index contributed by atoms with van der Waals surface area (Å²) in [6.07, 6.45) is -2.27. The molecule has 45 heavy (non-hydrogen) atoms. The van der Waals surface area contributed by atoms with Crippen LogP contribution in [-0.4, -0.2) is 44.6 Å². The number of alkyl halides is 3. The lowest BCUT2D eigenvalue weighted by atomic mass is 9.93. The summed E-state index contributed by atoms with van der Waals surface area (Å²) in [5.41, 5.74) is 5.01. The quantitative estimate of drug-likeness (QED) is 0.220. The highest BCUT2D eigenvalue weighted by Gasteiger charge is 2.31. The Morgan fingerprint density at radius 2 is 1.76 bits per heavy atom. The highest BCUT2D eigenvalue weighted by molar-refractivity contribution is 8.14. The van der Waals surface area contributed by atoms with Crippen molar-refractivity contribution in [1.82, 2.24) is 20.1 Å². The summed E-state index contributed by atoms with van der Waals surface area (Å²) in [5.74, 6) is 1.36. The van der Waals surface area contributed by atoms with Crippen LogP contribution in [0.3, 0.4) is 0 Å². The van der Waals surface area contributed by atoms with Crippen LogP contribution in [0.4, 0.5) is 23.7 Å². The third-order valence-electron chi connectivity index (χ3n) is 7.47. The van der Waals surface area contributed by atoms with Crippen molar-refractivity contribution in [2.24, 2.45) is 4.99 Å². The zero-order valence-electron chi connectivity index (χ0n) is 25.7. The van der Waals surface area contributed by atoms with Gasteiger partial charge in [-0.3, -0.25) is 0 Å². The summed E-state index contributed by atoms with van der Waals surface area (Å²) in [6.45, 7) is 11.1. The van der Waals surface area contributed by atoms with Crippen LogP contribution in [0.1, 0.15) is 56.7 Å². The molecule has 0 unspecified atom stereocenters. The van der Waals surface area contributed by atoms with Crippen molar-refractivity contribution < 1.29 is 22.7 Å². The number of aryl methyl sites for hydroxylation is 1. The number of ether oxygens (including phenoxy) is 1. The number of carbonyl (C=O) groups excluding carboxylic acids is 1. The molecule has 2 amide bonds. The Bertz CT molecular complexity index is 1680. The molecule has 1 saturated heterocycles. The molecule has 236 valence electrons. The van der Waals surface area contributed by atoms with Crippen LogP contribution in [0, 0.1) is 6.92 Å². The number of urea groups is 1. The minimum atomic E-state index is -4.76. The maximum absolute atomic E-state index is 13.3. The van der Waals surface area contributed by atoms with Crippen LogP contribution < -0.4 is 15.0 Å². The number of amides is 2. The van der Waals surface area contributed by atoms with Gasteiger partial charge in [-0.15, -0.1) is 18.3 Å². The molecule has 4 aromatic rings. The Balaban J connectivity index is 1.28. The average molecular weight is 637 g/mol. The van der Waals surface area contributed by atoms with Gasteiger partial charge >= 0.3 is 12.4 Å². The molecule has 8 nitrogen and oxygen atoms in total. The topological polar surface area (TPSA) is 84.6 Å². The Labute approximate surface area is 264 Å². The fourth-order valence-corrected chi connectivity index (χ4v) is 6.29. The number of carbonyl (C=O) groups is 1. The lowest BCUT2D eigenvalue weighted by molar-refractivity contribution is -0.274. The van der Waals surface area contributed by atoms with Crippen molar-refractivity contribution in [2.75, 3.05) is 17.2 Å². The Morgan fingerprint density at radius 1 is 1.04 bits per heavy atom. The van der Waals surface area contributed by atoms with Crippen molar-refractivity contribution in [3.8, 4) is 22.8 Å². The van der Waals surface area contributed by atoms with Gasteiger partial charge in [-0.2, -0.15) is 4.99 Å². The third-order valence-corrected chi connectivity index (χ3v) is 8.53. The molecule has 0 bridgehead atoms.